The Labute approximate surface area is 165 Å². The summed E-state index contributed by atoms with van der Waals surface area (Å²) in [5.41, 5.74) is 0. The van der Waals surface area contributed by atoms with Crippen LogP contribution in [0.4, 0.5) is 0 Å². The van der Waals surface area contributed by atoms with Gasteiger partial charge >= 0.3 is 0 Å². The number of nitrogens with zero attached hydrogens (tertiary/aromatic N) is 2. The van der Waals surface area contributed by atoms with Crippen LogP contribution in [-0.4, -0.2) is 73.6 Å². The number of hydrogen-bond donors (Lipinski definition) is 1. The molecular formula is C21H39N3O3. The maximum Gasteiger partial charge on any atom is 0.225 e. The van der Waals surface area contributed by atoms with Gasteiger partial charge in [-0.15, -0.1) is 0 Å². The summed E-state index contributed by atoms with van der Waals surface area (Å²) in [6.07, 6.45) is 3.81. The molecule has 1 unspecified atom stereocenters. The Bertz CT molecular complexity index is 465. The van der Waals surface area contributed by atoms with Crippen LogP contribution < -0.4 is 5.32 Å². The fourth-order valence-electron chi connectivity index (χ4n) is 4.41. The predicted molar refractivity (Wildman–Crippen MR) is 107 cm³/mol. The number of carbonyl (C=O) groups excluding carboxylic acids is 2. The van der Waals surface area contributed by atoms with E-state index in [2.05, 4.69) is 24.1 Å². The Morgan fingerprint density at radius 2 is 1.63 bits per heavy atom. The van der Waals surface area contributed by atoms with Gasteiger partial charge in [0.1, 0.15) is 0 Å². The third-order valence-corrected chi connectivity index (χ3v) is 6.26. The van der Waals surface area contributed by atoms with Gasteiger partial charge in [0.15, 0.2) is 0 Å². The first-order valence-corrected chi connectivity index (χ1v) is 10.9. The Morgan fingerprint density at radius 1 is 1.04 bits per heavy atom. The third kappa shape index (κ3) is 6.18. The highest BCUT2D eigenvalue weighted by Crippen LogP contribution is 2.21. The fourth-order valence-corrected chi connectivity index (χ4v) is 4.41. The smallest absolute Gasteiger partial charge is 0.225 e. The predicted octanol–water partition coefficient (Wildman–Crippen LogP) is 2.13. The molecule has 0 spiro atoms. The second-order valence-corrected chi connectivity index (χ2v) is 8.29. The standard InChI is InChI=1S/C21H39N3O3/c1-5-17(6-2)19(23-11-13-27-14-12-23)15-22-20(25)18-7-9-24(10-8-18)21(26)16(3)4/h16-19H,5-15H2,1-4H3,(H,22,25). The van der Waals surface area contributed by atoms with E-state index in [1.165, 1.54) is 0 Å². The topological polar surface area (TPSA) is 61.9 Å². The number of hydrogen-bond acceptors (Lipinski definition) is 4. The molecule has 0 saturated carbocycles. The van der Waals surface area contributed by atoms with Crippen molar-refractivity contribution in [2.45, 2.75) is 59.4 Å². The average Bonchev–Trinajstić information content (AvgIpc) is 2.71. The molecule has 27 heavy (non-hydrogen) atoms. The van der Waals surface area contributed by atoms with Gasteiger partial charge in [-0.05, 0) is 18.8 Å². The van der Waals surface area contributed by atoms with Crippen LogP contribution in [0.2, 0.25) is 0 Å². The molecule has 6 heteroatoms. The number of morpholine rings is 1. The SMILES string of the molecule is CCC(CC)C(CNC(=O)C1CCN(C(=O)C(C)C)CC1)N1CCOCC1. The molecular weight excluding hydrogens is 342 g/mol. The maximum absolute atomic E-state index is 12.7. The largest absolute Gasteiger partial charge is 0.379 e. The van der Waals surface area contributed by atoms with E-state index in [0.717, 1.165) is 58.5 Å². The van der Waals surface area contributed by atoms with Crippen LogP contribution in [0.5, 0.6) is 0 Å². The van der Waals surface area contributed by atoms with Crippen LogP contribution in [0.3, 0.4) is 0 Å². The van der Waals surface area contributed by atoms with Crippen molar-refractivity contribution in [3.63, 3.8) is 0 Å². The fraction of sp³-hybridized carbons (Fsp3) is 0.905. The maximum atomic E-state index is 12.7. The highest BCUT2D eigenvalue weighted by atomic mass is 16.5. The minimum atomic E-state index is 0.0321. The molecule has 0 aromatic rings. The summed E-state index contributed by atoms with van der Waals surface area (Å²) in [7, 11) is 0. The molecule has 0 bridgehead atoms. The van der Waals surface area contributed by atoms with E-state index in [9.17, 15) is 9.59 Å². The molecule has 1 N–H and O–H groups in total. The van der Waals surface area contributed by atoms with Crippen molar-refractivity contribution < 1.29 is 14.3 Å². The minimum absolute atomic E-state index is 0.0321. The number of carbonyl (C=O) groups is 2. The van der Waals surface area contributed by atoms with Crippen molar-refractivity contribution in [2.24, 2.45) is 17.8 Å². The van der Waals surface area contributed by atoms with E-state index in [1.54, 1.807) is 0 Å². The van der Waals surface area contributed by atoms with E-state index in [4.69, 9.17) is 4.74 Å². The number of amides is 2. The van der Waals surface area contributed by atoms with Crippen molar-refractivity contribution in [2.75, 3.05) is 45.9 Å². The van der Waals surface area contributed by atoms with Crippen molar-refractivity contribution in [1.82, 2.24) is 15.1 Å². The summed E-state index contributed by atoms with van der Waals surface area (Å²) in [5, 5.41) is 3.24. The molecule has 0 aromatic carbocycles. The third-order valence-electron chi connectivity index (χ3n) is 6.26. The Hall–Kier alpha value is -1.14. The molecule has 1 atom stereocenters. The van der Waals surface area contributed by atoms with Gasteiger partial charge in [0.05, 0.1) is 13.2 Å². The van der Waals surface area contributed by atoms with E-state index >= 15 is 0 Å². The molecule has 2 rings (SSSR count). The first kappa shape index (κ1) is 22.2. The molecule has 156 valence electrons. The summed E-state index contributed by atoms with van der Waals surface area (Å²) in [6, 6.07) is 0.385. The zero-order chi connectivity index (χ0) is 19.8. The second-order valence-electron chi connectivity index (χ2n) is 8.29. The van der Waals surface area contributed by atoms with Crippen LogP contribution in [-0.2, 0) is 14.3 Å². The lowest BCUT2D eigenvalue weighted by Gasteiger charge is -2.39. The molecule has 0 radical (unpaired) electrons. The first-order valence-electron chi connectivity index (χ1n) is 10.9. The number of piperidine rings is 1. The van der Waals surface area contributed by atoms with Crippen LogP contribution in [0, 0.1) is 17.8 Å². The normalized spacial score (nSPS) is 20.9. The monoisotopic (exact) mass is 381 g/mol. The van der Waals surface area contributed by atoms with E-state index < -0.39 is 0 Å². The van der Waals surface area contributed by atoms with E-state index in [0.29, 0.717) is 25.0 Å². The molecule has 2 amide bonds. The number of ether oxygens (including phenoxy) is 1. The van der Waals surface area contributed by atoms with Gasteiger partial charge < -0.3 is 15.0 Å². The lowest BCUT2D eigenvalue weighted by atomic mass is 9.91. The van der Waals surface area contributed by atoms with Gasteiger partial charge in [-0.2, -0.15) is 0 Å². The summed E-state index contributed by atoms with van der Waals surface area (Å²) in [4.78, 5) is 29.3. The van der Waals surface area contributed by atoms with Gasteiger partial charge in [-0.3, -0.25) is 14.5 Å². The van der Waals surface area contributed by atoms with Gasteiger partial charge in [-0.25, -0.2) is 0 Å². The van der Waals surface area contributed by atoms with Crippen LogP contribution in [0.15, 0.2) is 0 Å². The highest BCUT2D eigenvalue weighted by Gasteiger charge is 2.31. The lowest BCUT2D eigenvalue weighted by Crippen LogP contribution is -2.53. The summed E-state index contributed by atoms with van der Waals surface area (Å²) in [5.74, 6) is 1.03. The molecule has 0 aliphatic carbocycles. The van der Waals surface area contributed by atoms with Crippen molar-refractivity contribution in [3.8, 4) is 0 Å². The molecule has 2 saturated heterocycles. The molecule has 2 aliphatic heterocycles. The molecule has 2 fully saturated rings. The average molecular weight is 382 g/mol. The van der Waals surface area contributed by atoms with E-state index in [-0.39, 0.29) is 23.7 Å². The Kier molecular flexibility index (Phi) is 9.03. The highest BCUT2D eigenvalue weighted by molar-refractivity contribution is 5.80. The summed E-state index contributed by atoms with van der Waals surface area (Å²) >= 11 is 0. The van der Waals surface area contributed by atoms with Crippen molar-refractivity contribution in [3.05, 3.63) is 0 Å². The van der Waals surface area contributed by atoms with Gasteiger partial charge in [0.25, 0.3) is 0 Å². The molecule has 2 aliphatic rings. The van der Waals surface area contributed by atoms with Crippen molar-refractivity contribution >= 4 is 11.8 Å². The first-order chi connectivity index (χ1) is 13.0. The summed E-state index contributed by atoms with van der Waals surface area (Å²) < 4.78 is 5.50. The molecule has 6 nitrogen and oxygen atoms in total. The number of rotatable bonds is 8. The Balaban J connectivity index is 1.85. The molecule has 2 heterocycles. The van der Waals surface area contributed by atoms with Crippen molar-refractivity contribution in [1.29, 1.82) is 0 Å². The lowest BCUT2D eigenvalue weighted by molar-refractivity contribution is -0.138. The zero-order valence-corrected chi connectivity index (χ0v) is 17.7. The van der Waals surface area contributed by atoms with Gasteiger partial charge in [0, 0.05) is 50.6 Å². The zero-order valence-electron chi connectivity index (χ0n) is 17.7. The minimum Gasteiger partial charge on any atom is -0.379 e. The van der Waals surface area contributed by atoms with Gasteiger partial charge in [-0.1, -0.05) is 40.5 Å². The van der Waals surface area contributed by atoms with Crippen LogP contribution in [0.25, 0.3) is 0 Å². The van der Waals surface area contributed by atoms with Crippen LogP contribution in [0.1, 0.15) is 53.4 Å². The van der Waals surface area contributed by atoms with Crippen LogP contribution >= 0.6 is 0 Å². The number of nitrogens with one attached hydrogen (secondary N) is 1. The summed E-state index contributed by atoms with van der Waals surface area (Å²) in [6.45, 7) is 13.9. The number of likely N-dealkylation sites (tertiary alicyclic amines) is 1. The van der Waals surface area contributed by atoms with Gasteiger partial charge in [0.2, 0.25) is 11.8 Å². The second kappa shape index (κ2) is 11.0. The Morgan fingerprint density at radius 3 is 2.15 bits per heavy atom. The quantitative estimate of drug-likeness (QED) is 0.700. The molecule has 0 aromatic heterocycles. The van der Waals surface area contributed by atoms with E-state index in [1.807, 2.05) is 18.7 Å².